The average molecular weight is 293 g/mol. The zero-order valence-corrected chi connectivity index (χ0v) is 12.5. The molecule has 1 N–H and O–H groups in total. The van der Waals surface area contributed by atoms with Gasteiger partial charge in [0.2, 0.25) is 0 Å². The van der Waals surface area contributed by atoms with Gasteiger partial charge in [-0.3, -0.25) is 9.48 Å². The number of hydrogen-bond donors (Lipinski definition) is 1. The van der Waals surface area contributed by atoms with Gasteiger partial charge in [-0.2, -0.15) is 0 Å². The zero-order valence-electron chi connectivity index (χ0n) is 11.7. The first-order valence-electron chi connectivity index (χ1n) is 6.29. The quantitative estimate of drug-likeness (QED) is 0.939. The van der Waals surface area contributed by atoms with Crippen molar-refractivity contribution in [3.63, 3.8) is 0 Å². The van der Waals surface area contributed by atoms with Crippen LogP contribution in [0.25, 0.3) is 0 Å². The monoisotopic (exact) mass is 292 g/mol. The summed E-state index contributed by atoms with van der Waals surface area (Å²) in [6.07, 6.45) is 1.59. The van der Waals surface area contributed by atoms with E-state index in [1.165, 1.54) is 4.68 Å². The van der Waals surface area contributed by atoms with Crippen molar-refractivity contribution in [2.75, 3.05) is 6.54 Å². The Morgan fingerprint density at radius 1 is 1.45 bits per heavy atom. The predicted octanol–water partition coefficient (Wildman–Crippen LogP) is 2.18. The number of nitrogens with zero attached hydrogens (tertiary/aromatic N) is 3. The molecule has 1 heterocycles. The van der Waals surface area contributed by atoms with E-state index < -0.39 is 0 Å². The van der Waals surface area contributed by atoms with E-state index in [0.29, 0.717) is 17.3 Å². The van der Waals surface area contributed by atoms with Crippen molar-refractivity contribution in [1.29, 1.82) is 0 Å². The van der Waals surface area contributed by atoms with Crippen LogP contribution in [0.2, 0.25) is 5.02 Å². The number of halogens is 1. The second-order valence-electron chi connectivity index (χ2n) is 5.35. The molecule has 6 heteroatoms. The molecule has 2 aromatic rings. The molecule has 0 aliphatic carbocycles. The zero-order chi connectivity index (χ0) is 14.8. The first-order valence-corrected chi connectivity index (χ1v) is 6.67. The highest BCUT2D eigenvalue weighted by Gasteiger charge is 2.22. The third-order valence-corrected chi connectivity index (χ3v) is 3.37. The SMILES string of the molecule is Cn1cc(C(=O)NCC(C)(C)c2cccc(Cl)c2)nn1. The van der Waals surface area contributed by atoms with Crippen LogP contribution in [0.5, 0.6) is 0 Å². The maximum Gasteiger partial charge on any atom is 0.273 e. The van der Waals surface area contributed by atoms with Gasteiger partial charge in [0, 0.05) is 24.0 Å². The Morgan fingerprint density at radius 3 is 2.80 bits per heavy atom. The minimum Gasteiger partial charge on any atom is -0.350 e. The Morgan fingerprint density at radius 2 is 2.20 bits per heavy atom. The van der Waals surface area contributed by atoms with E-state index >= 15 is 0 Å². The molecule has 0 bridgehead atoms. The predicted molar refractivity (Wildman–Crippen MR) is 77.8 cm³/mol. The summed E-state index contributed by atoms with van der Waals surface area (Å²) in [5.41, 5.74) is 1.17. The number of carbonyl (C=O) groups is 1. The van der Waals surface area contributed by atoms with Gasteiger partial charge in [-0.15, -0.1) is 5.10 Å². The minimum atomic E-state index is -0.229. The first-order chi connectivity index (χ1) is 9.38. The van der Waals surface area contributed by atoms with Crippen LogP contribution in [0.4, 0.5) is 0 Å². The van der Waals surface area contributed by atoms with Gasteiger partial charge >= 0.3 is 0 Å². The summed E-state index contributed by atoms with van der Waals surface area (Å²) < 4.78 is 1.50. The van der Waals surface area contributed by atoms with Crippen LogP contribution < -0.4 is 5.32 Å². The van der Waals surface area contributed by atoms with Crippen LogP contribution in [0, 0.1) is 0 Å². The maximum atomic E-state index is 11.9. The fourth-order valence-electron chi connectivity index (χ4n) is 1.85. The lowest BCUT2D eigenvalue weighted by molar-refractivity contribution is 0.0940. The fourth-order valence-corrected chi connectivity index (χ4v) is 2.04. The number of benzene rings is 1. The number of nitrogens with one attached hydrogen (secondary N) is 1. The fraction of sp³-hybridized carbons (Fsp3) is 0.357. The topological polar surface area (TPSA) is 59.8 Å². The molecule has 20 heavy (non-hydrogen) atoms. The van der Waals surface area contributed by atoms with Gasteiger partial charge in [-0.1, -0.05) is 42.8 Å². The maximum absolute atomic E-state index is 11.9. The molecule has 0 saturated heterocycles. The van der Waals surface area contributed by atoms with Gasteiger partial charge in [-0.25, -0.2) is 0 Å². The van der Waals surface area contributed by atoms with Gasteiger partial charge in [0.15, 0.2) is 5.69 Å². The number of aryl methyl sites for hydroxylation is 1. The molecule has 0 radical (unpaired) electrons. The number of aromatic nitrogens is 3. The Kier molecular flexibility index (Phi) is 4.09. The van der Waals surface area contributed by atoms with Crippen LogP contribution in [-0.2, 0) is 12.5 Å². The third kappa shape index (κ3) is 3.36. The van der Waals surface area contributed by atoms with Crippen LogP contribution in [0.15, 0.2) is 30.5 Å². The van der Waals surface area contributed by atoms with Crippen molar-refractivity contribution in [3.8, 4) is 0 Å². The molecule has 0 aliphatic rings. The second kappa shape index (κ2) is 5.63. The number of hydrogen-bond acceptors (Lipinski definition) is 3. The molecule has 0 atom stereocenters. The molecule has 2 rings (SSSR count). The first kappa shape index (κ1) is 14.5. The molecular weight excluding hydrogens is 276 g/mol. The Hall–Kier alpha value is -1.88. The van der Waals surface area contributed by atoms with Crippen LogP contribution in [0.1, 0.15) is 29.9 Å². The third-order valence-electron chi connectivity index (χ3n) is 3.13. The van der Waals surface area contributed by atoms with E-state index in [4.69, 9.17) is 11.6 Å². The van der Waals surface area contributed by atoms with Gasteiger partial charge in [0.1, 0.15) is 0 Å². The lowest BCUT2D eigenvalue weighted by Gasteiger charge is -2.25. The van der Waals surface area contributed by atoms with E-state index in [1.54, 1.807) is 13.2 Å². The lowest BCUT2D eigenvalue weighted by Crippen LogP contribution is -2.36. The van der Waals surface area contributed by atoms with E-state index in [1.807, 2.05) is 24.3 Å². The molecule has 0 fully saturated rings. The largest absolute Gasteiger partial charge is 0.350 e. The highest BCUT2D eigenvalue weighted by molar-refractivity contribution is 6.30. The van der Waals surface area contributed by atoms with Crippen molar-refractivity contribution in [2.24, 2.45) is 7.05 Å². The van der Waals surface area contributed by atoms with Crippen molar-refractivity contribution in [3.05, 3.63) is 46.7 Å². The van der Waals surface area contributed by atoms with Crippen LogP contribution in [0.3, 0.4) is 0 Å². The van der Waals surface area contributed by atoms with E-state index in [-0.39, 0.29) is 11.3 Å². The van der Waals surface area contributed by atoms with Gasteiger partial charge in [0.25, 0.3) is 5.91 Å². The molecule has 1 amide bonds. The Labute approximate surface area is 122 Å². The summed E-state index contributed by atoms with van der Waals surface area (Å²) in [4.78, 5) is 11.9. The number of amides is 1. The molecular formula is C14H17ClN4O. The normalized spacial score (nSPS) is 11.4. The summed E-state index contributed by atoms with van der Waals surface area (Å²) >= 11 is 6.00. The van der Waals surface area contributed by atoms with Gasteiger partial charge in [-0.05, 0) is 17.7 Å². The molecule has 0 saturated carbocycles. The lowest BCUT2D eigenvalue weighted by atomic mass is 9.84. The van der Waals surface area contributed by atoms with Crippen molar-refractivity contribution in [1.82, 2.24) is 20.3 Å². The average Bonchev–Trinajstić information content (AvgIpc) is 2.83. The highest BCUT2D eigenvalue weighted by Crippen LogP contribution is 2.24. The van der Waals surface area contributed by atoms with E-state index in [0.717, 1.165) is 5.56 Å². The molecule has 0 aliphatic heterocycles. The molecule has 0 spiro atoms. The van der Waals surface area contributed by atoms with Crippen LogP contribution in [-0.4, -0.2) is 27.4 Å². The highest BCUT2D eigenvalue weighted by atomic mass is 35.5. The Balaban J connectivity index is 2.04. The summed E-state index contributed by atoms with van der Waals surface area (Å²) in [6.45, 7) is 4.59. The van der Waals surface area contributed by atoms with E-state index in [9.17, 15) is 4.79 Å². The van der Waals surface area contributed by atoms with Gasteiger partial charge in [0.05, 0.1) is 6.20 Å². The molecule has 1 aromatic heterocycles. The molecule has 106 valence electrons. The van der Waals surface area contributed by atoms with Gasteiger partial charge < -0.3 is 5.32 Å². The van der Waals surface area contributed by atoms with E-state index in [2.05, 4.69) is 29.5 Å². The Bertz CT molecular complexity index is 621. The second-order valence-corrected chi connectivity index (χ2v) is 5.79. The molecule has 1 aromatic carbocycles. The smallest absolute Gasteiger partial charge is 0.273 e. The number of carbonyl (C=O) groups excluding carboxylic acids is 1. The van der Waals surface area contributed by atoms with Crippen molar-refractivity contribution >= 4 is 17.5 Å². The summed E-state index contributed by atoms with van der Waals surface area (Å²) in [6, 6.07) is 7.65. The van der Waals surface area contributed by atoms with Crippen molar-refractivity contribution in [2.45, 2.75) is 19.3 Å². The molecule has 0 unspecified atom stereocenters. The summed E-state index contributed by atoms with van der Waals surface area (Å²) in [7, 11) is 1.72. The summed E-state index contributed by atoms with van der Waals surface area (Å²) in [5.74, 6) is -0.229. The standard InChI is InChI=1S/C14H17ClN4O/c1-14(2,10-5-4-6-11(15)7-10)9-16-13(20)12-8-19(3)18-17-12/h4-8H,9H2,1-3H3,(H,16,20). The minimum absolute atomic E-state index is 0.219. The van der Waals surface area contributed by atoms with Crippen molar-refractivity contribution < 1.29 is 4.79 Å². The summed E-state index contributed by atoms with van der Waals surface area (Å²) in [5, 5.41) is 11.1. The number of rotatable bonds is 4. The molecule has 5 nitrogen and oxygen atoms in total. The van der Waals surface area contributed by atoms with Crippen LogP contribution >= 0.6 is 11.6 Å².